The van der Waals surface area contributed by atoms with Crippen LogP contribution in [0, 0.1) is 11.6 Å². The van der Waals surface area contributed by atoms with Crippen molar-refractivity contribution in [3.63, 3.8) is 0 Å². The van der Waals surface area contributed by atoms with Gasteiger partial charge in [-0.2, -0.15) is 11.3 Å². The number of halogens is 2. The maximum absolute atomic E-state index is 13.4. The summed E-state index contributed by atoms with van der Waals surface area (Å²) in [6, 6.07) is 4.08. The molecule has 17 heavy (non-hydrogen) atoms. The number of thiophene rings is 1. The van der Waals surface area contributed by atoms with Gasteiger partial charge < -0.3 is 4.98 Å². The van der Waals surface area contributed by atoms with E-state index < -0.39 is 11.6 Å². The van der Waals surface area contributed by atoms with E-state index in [0.29, 0.717) is 17.8 Å². The van der Waals surface area contributed by atoms with Crippen LogP contribution in [0.3, 0.4) is 0 Å². The van der Waals surface area contributed by atoms with Crippen molar-refractivity contribution < 1.29 is 8.78 Å². The Morgan fingerprint density at radius 3 is 2.94 bits per heavy atom. The van der Waals surface area contributed by atoms with E-state index in [0.717, 1.165) is 11.6 Å². The maximum atomic E-state index is 13.4. The molecule has 0 aliphatic rings. The fourth-order valence-electron chi connectivity index (χ4n) is 1.76. The summed E-state index contributed by atoms with van der Waals surface area (Å²) >= 11 is 1.60. The Balaban J connectivity index is 2.05. The standard InChI is InChI=1S/C12H8F2N2S/c13-8-4-9(14)12-10(5-8)15-11(16-12)3-7-1-2-17-6-7/h1-2,4-6H,3H2,(H,15,16). The smallest absolute Gasteiger partial charge is 0.153 e. The number of hydrogen-bond acceptors (Lipinski definition) is 2. The van der Waals surface area contributed by atoms with Gasteiger partial charge in [0.25, 0.3) is 0 Å². The molecule has 0 saturated heterocycles. The van der Waals surface area contributed by atoms with Crippen LogP contribution in [0.15, 0.2) is 29.0 Å². The highest BCUT2D eigenvalue weighted by atomic mass is 32.1. The highest BCUT2D eigenvalue weighted by Crippen LogP contribution is 2.19. The Labute approximate surface area is 99.9 Å². The molecule has 2 aromatic heterocycles. The van der Waals surface area contributed by atoms with Gasteiger partial charge in [-0.1, -0.05) is 0 Å². The highest BCUT2D eigenvalue weighted by molar-refractivity contribution is 7.07. The van der Waals surface area contributed by atoms with Gasteiger partial charge in [0.1, 0.15) is 17.2 Å². The van der Waals surface area contributed by atoms with E-state index in [4.69, 9.17) is 0 Å². The average molecular weight is 250 g/mol. The van der Waals surface area contributed by atoms with E-state index in [1.807, 2.05) is 16.8 Å². The molecular weight excluding hydrogens is 242 g/mol. The van der Waals surface area contributed by atoms with Crippen molar-refractivity contribution in [3.8, 4) is 0 Å². The number of fused-ring (bicyclic) bond motifs is 1. The lowest BCUT2D eigenvalue weighted by atomic mass is 10.2. The number of H-pyrrole nitrogens is 1. The van der Waals surface area contributed by atoms with Crippen molar-refractivity contribution >= 4 is 22.4 Å². The molecule has 0 amide bonds. The second-order valence-electron chi connectivity index (χ2n) is 3.78. The average Bonchev–Trinajstić information content (AvgIpc) is 2.87. The molecule has 3 aromatic rings. The molecule has 2 heterocycles. The molecule has 1 aromatic carbocycles. The largest absolute Gasteiger partial charge is 0.342 e. The summed E-state index contributed by atoms with van der Waals surface area (Å²) in [5.74, 6) is -0.587. The lowest BCUT2D eigenvalue weighted by Gasteiger charge is -1.90. The first-order chi connectivity index (χ1) is 8.22. The van der Waals surface area contributed by atoms with Gasteiger partial charge in [0, 0.05) is 12.5 Å². The molecule has 0 bridgehead atoms. The summed E-state index contributed by atoms with van der Waals surface area (Å²) in [6.45, 7) is 0. The zero-order valence-electron chi connectivity index (χ0n) is 8.71. The predicted molar refractivity (Wildman–Crippen MR) is 63.1 cm³/mol. The molecule has 0 radical (unpaired) electrons. The van der Waals surface area contributed by atoms with Crippen molar-refractivity contribution in [2.24, 2.45) is 0 Å². The zero-order chi connectivity index (χ0) is 11.8. The summed E-state index contributed by atoms with van der Waals surface area (Å²) < 4.78 is 26.4. The van der Waals surface area contributed by atoms with E-state index >= 15 is 0 Å². The number of benzene rings is 1. The molecule has 0 spiro atoms. The Kier molecular flexibility index (Phi) is 2.40. The van der Waals surface area contributed by atoms with E-state index in [9.17, 15) is 8.78 Å². The summed E-state index contributed by atoms with van der Waals surface area (Å²) in [4.78, 5) is 7.06. The molecule has 0 aliphatic heterocycles. The van der Waals surface area contributed by atoms with Gasteiger partial charge in [0.15, 0.2) is 5.82 Å². The van der Waals surface area contributed by atoms with Gasteiger partial charge in [-0.05, 0) is 28.5 Å². The predicted octanol–water partition coefficient (Wildman–Crippen LogP) is 3.49. The van der Waals surface area contributed by atoms with Gasteiger partial charge >= 0.3 is 0 Å². The molecule has 0 saturated carbocycles. The van der Waals surface area contributed by atoms with Crippen LogP contribution in [0.5, 0.6) is 0 Å². The van der Waals surface area contributed by atoms with Crippen LogP contribution in [-0.2, 0) is 6.42 Å². The van der Waals surface area contributed by atoms with E-state index in [-0.39, 0.29) is 5.52 Å². The number of rotatable bonds is 2. The van der Waals surface area contributed by atoms with Gasteiger partial charge in [-0.25, -0.2) is 13.8 Å². The highest BCUT2D eigenvalue weighted by Gasteiger charge is 2.10. The monoisotopic (exact) mass is 250 g/mol. The molecule has 0 fully saturated rings. The zero-order valence-corrected chi connectivity index (χ0v) is 9.52. The van der Waals surface area contributed by atoms with E-state index in [2.05, 4.69) is 9.97 Å². The van der Waals surface area contributed by atoms with Crippen molar-refractivity contribution in [2.75, 3.05) is 0 Å². The third-order valence-electron chi connectivity index (χ3n) is 2.51. The van der Waals surface area contributed by atoms with Crippen LogP contribution in [-0.4, -0.2) is 9.97 Å². The van der Waals surface area contributed by atoms with Gasteiger partial charge in [-0.15, -0.1) is 0 Å². The second kappa shape index (κ2) is 3.92. The Morgan fingerprint density at radius 2 is 2.18 bits per heavy atom. The molecule has 0 aliphatic carbocycles. The first-order valence-corrected chi connectivity index (χ1v) is 6.01. The normalized spacial score (nSPS) is 11.2. The van der Waals surface area contributed by atoms with Gasteiger partial charge in [-0.3, -0.25) is 0 Å². The number of imidazole rings is 1. The summed E-state index contributed by atoms with van der Waals surface area (Å²) in [7, 11) is 0. The van der Waals surface area contributed by atoms with Gasteiger partial charge in [0.05, 0.1) is 5.52 Å². The van der Waals surface area contributed by atoms with Crippen molar-refractivity contribution in [1.29, 1.82) is 0 Å². The van der Waals surface area contributed by atoms with Crippen molar-refractivity contribution in [1.82, 2.24) is 9.97 Å². The number of aromatic nitrogens is 2. The maximum Gasteiger partial charge on any atom is 0.153 e. The van der Waals surface area contributed by atoms with Crippen LogP contribution in [0.2, 0.25) is 0 Å². The summed E-state index contributed by atoms with van der Waals surface area (Å²) in [6.07, 6.45) is 0.596. The molecule has 0 atom stereocenters. The van der Waals surface area contributed by atoms with E-state index in [1.54, 1.807) is 11.3 Å². The van der Waals surface area contributed by atoms with Crippen molar-refractivity contribution in [2.45, 2.75) is 6.42 Å². The Bertz CT molecular complexity index is 659. The Hall–Kier alpha value is -1.75. The number of hydrogen-bond donors (Lipinski definition) is 1. The van der Waals surface area contributed by atoms with Crippen LogP contribution in [0.1, 0.15) is 11.4 Å². The Morgan fingerprint density at radius 1 is 1.29 bits per heavy atom. The molecule has 3 rings (SSSR count). The minimum Gasteiger partial charge on any atom is -0.342 e. The molecule has 86 valence electrons. The van der Waals surface area contributed by atoms with Crippen LogP contribution >= 0.6 is 11.3 Å². The number of aromatic amines is 1. The summed E-state index contributed by atoms with van der Waals surface area (Å²) in [5.41, 5.74) is 1.69. The third kappa shape index (κ3) is 1.93. The molecule has 5 heteroatoms. The second-order valence-corrected chi connectivity index (χ2v) is 4.56. The topological polar surface area (TPSA) is 28.7 Å². The first kappa shape index (κ1) is 10.4. The molecule has 2 nitrogen and oxygen atoms in total. The molecule has 1 N–H and O–H groups in total. The number of nitrogens with one attached hydrogen (secondary N) is 1. The third-order valence-corrected chi connectivity index (χ3v) is 3.24. The number of nitrogens with zero attached hydrogens (tertiary/aromatic N) is 1. The van der Waals surface area contributed by atoms with Crippen molar-refractivity contribution in [3.05, 3.63) is 52.0 Å². The van der Waals surface area contributed by atoms with Gasteiger partial charge in [0.2, 0.25) is 0 Å². The molecule has 0 unspecified atom stereocenters. The fraction of sp³-hybridized carbons (Fsp3) is 0.0833. The lowest BCUT2D eigenvalue weighted by Crippen LogP contribution is -1.87. The minimum atomic E-state index is -0.632. The minimum absolute atomic E-state index is 0.191. The van der Waals surface area contributed by atoms with E-state index in [1.165, 1.54) is 6.07 Å². The fourth-order valence-corrected chi connectivity index (χ4v) is 2.43. The first-order valence-electron chi connectivity index (χ1n) is 5.07. The summed E-state index contributed by atoms with van der Waals surface area (Å²) in [5, 5.41) is 3.97. The van der Waals surface area contributed by atoms with Crippen LogP contribution in [0.25, 0.3) is 11.0 Å². The lowest BCUT2D eigenvalue weighted by molar-refractivity contribution is 0.590. The SMILES string of the molecule is Fc1cc(F)c2nc(Cc3ccsc3)[nH]c2c1. The quantitative estimate of drug-likeness (QED) is 0.741. The van der Waals surface area contributed by atoms with Crippen LogP contribution < -0.4 is 0 Å². The molecular formula is C12H8F2N2S. The van der Waals surface area contributed by atoms with Crippen LogP contribution in [0.4, 0.5) is 8.78 Å².